The number of hydrogen-bond donors (Lipinski definition) is 2. The van der Waals surface area contributed by atoms with Crippen molar-refractivity contribution in [3.05, 3.63) is 56.2 Å². The molecule has 0 bridgehead atoms. The monoisotopic (exact) mass is 409 g/mol. The first-order valence-corrected chi connectivity index (χ1v) is 10.6. The maximum absolute atomic E-state index is 12.7. The van der Waals surface area contributed by atoms with Crippen LogP contribution in [0.3, 0.4) is 0 Å². The van der Waals surface area contributed by atoms with E-state index in [0.29, 0.717) is 29.6 Å². The fourth-order valence-corrected chi connectivity index (χ4v) is 5.13. The molecule has 2 aromatic heterocycles. The summed E-state index contributed by atoms with van der Waals surface area (Å²) in [6, 6.07) is 8.49. The van der Waals surface area contributed by atoms with Crippen LogP contribution in [0.25, 0.3) is 11.2 Å². The van der Waals surface area contributed by atoms with E-state index >= 15 is 0 Å². The number of nitrogens with zero attached hydrogens (tertiary/aromatic N) is 3. The highest BCUT2D eigenvalue weighted by Gasteiger charge is 2.33. The van der Waals surface area contributed by atoms with Crippen LogP contribution in [-0.2, 0) is 13.6 Å². The van der Waals surface area contributed by atoms with E-state index in [1.807, 2.05) is 16.7 Å². The van der Waals surface area contributed by atoms with Gasteiger partial charge in [0.15, 0.2) is 11.2 Å². The number of imidazole rings is 1. The summed E-state index contributed by atoms with van der Waals surface area (Å²) in [5.41, 5.74) is 2.47. The van der Waals surface area contributed by atoms with Crippen LogP contribution >= 0.6 is 0 Å². The second kappa shape index (κ2) is 7.45. The van der Waals surface area contributed by atoms with Gasteiger partial charge < -0.3 is 5.32 Å². The zero-order chi connectivity index (χ0) is 21.6. The molecule has 1 fully saturated rings. The normalized spacial score (nSPS) is 21.1. The van der Waals surface area contributed by atoms with Gasteiger partial charge in [0.2, 0.25) is 5.95 Å². The molecule has 1 aromatic carbocycles. The lowest BCUT2D eigenvalue weighted by Crippen LogP contribution is -2.36. The van der Waals surface area contributed by atoms with Crippen molar-refractivity contribution in [1.82, 2.24) is 19.1 Å². The van der Waals surface area contributed by atoms with Crippen molar-refractivity contribution in [2.24, 2.45) is 18.4 Å². The Bertz CT molecular complexity index is 1200. The minimum Gasteiger partial charge on any atom is -0.353 e. The van der Waals surface area contributed by atoms with Gasteiger partial charge in [0.1, 0.15) is 0 Å². The van der Waals surface area contributed by atoms with Crippen LogP contribution in [0.15, 0.2) is 33.9 Å². The Morgan fingerprint density at radius 3 is 2.73 bits per heavy atom. The predicted molar refractivity (Wildman–Crippen MR) is 120 cm³/mol. The maximum atomic E-state index is 12.7. The molecule has 2 N–H and O–H groups in total. The van der Waals surface area contributed by atoms with Crippen LogP contribution in [0, 0.1) is 18.3 Å². The second-order valence-electron chi connectivity index (χ2n) is 9.76. The average Bonchev–Trinajstić information content (AvgIpc) is 2.97. The predicted octanol–water partition coefficient (Wildman–Crippen LogP) is 3.41. The Balaban J connectivity index is 1.81. The van der Waals surface area contributed by atoms with E-state index in [2.05, 4.69) is 50.1 Å². The molecule has 7 heteroatoms. The van der Waals surface area contributed by atoms with Crippen molar-refractivity contribution in [2.75, 3.05) is 5.32 Å². The van der Waals surface area contributed by atoms with Crippen LogP contribution in [-0.4, -0.2) is 25.1 Å². The van der Waals surface area contributed by atoms with Gasteiger partial charge in [-0.25, -0.2) is 4.79 Å². The van der Waals surface area contributed by atoms with Gasteiger partial charge in [-0.2, -0.15) is 4.98 Å². The Labute approximate surface area is 176 Å². The molecule has 0 radical (unpaired) electrons. The lowest BCUT2D eigenvalue weighted by molar-refractivity contribution is 0.177. The molecule has 0 saturated heterocycles. The first-order chi connectivity index (χ1) is 14.1. The summed E-state index contributed by atoms with van der Waals surface area (Å²) < 4.78 is 3.32. The minimum absolute atomic E-state index is 0.257. The first kappa shape index (κ1) is 20.4. The van der Waals surface area contributed by atoms with Gasteiger partial charge in [0, 0.05) is 13.1 Å². The Morgan fingerprint density at radius 2 is 2.03 bits per heavy atom. The van der Waals surface area contributed by atoms with Crippen LogP contribution in [0.2, 0.25) is 0 Å². The summed E-state index contributed by atoms with van der Waals surface area (Å²) in [6.07, 6.45) is 3.31. The molecule has 160 valence electrons. The summed E-state index contributed by atoms with van der Waals surface area (Å²) in [4.78, 5) is 32.0. The number of hydrogen-bond acceptors (Lipinski definition) is 4. The molecule has 2 heterocycles. The van der Waals surface area contributed by atoms with Gasteiger partial charge in [0.25, 0.3) is 5.56 Å². The standard InChI is InChI=1S/C23H31N5O2/c1-14-7-6-8-16(9-14)13-28-18-19(27(5)22(30)26-20(18)29)25-21(28)24-17-10-15(2)11-23(3,4)12-17/h6-9,15,17H,10-13H2,1-5H3,(H,24,25)(H,26,29,30)/t15-,17+/m1/s1. The quantitative estimate of drug-likeness (QED) is 0.692. The number of anilines is 1. The average molecular weight is 410 g/mol. The molecule has 1 saturated carbocycles. The van der Waals surface area contributed by atoms with E-state index in [9.17, 15) is 9.59 Å². The highest BCUT2D eigenvalue weighted by molar-refractivity contribution is 5.74. The van der Waals surface area contributed by atoms with E-state index < -0.39 is 11.2 Å². The van der Waals surface area contributed by atoms with E-state index in [0.717, 1.165) is 24.0 Å². The molecule has 1 aliphatic carbocycles. The first-order valence-electron chi connectivity index (χ1n) is 10.6. The Hall–Kier alpha value is -2.83. The molecule has 0 aliphatic heterocycles. The molecule has 1 aliphatic rings. The molecule has 4 rings (SSSR count). The summed E-state index contributed by atoms with van der Waals surface area (Å²) in [5.74, 6) is 1.27. The van der Waals surface area contributed by atoms with Crippen LogP contribution < -0.4 is 16.6 Å². The highest BCUT2D eigenvalue weighted by Crippen LogP contribution is 2.39. The maximum Gasteiger partial charge on any atom is 0.329 e. The highest BCUT2D eigenvalue weighted by atomic mass is 16.2. The van der Waals surface area contributed by atoms with Crippen molar-refractivity contribution in [1.29, 1.82) is 0 Å². The van der Waals surface area contributed by atoms with E-state index in [1.165, 1.54) is 11.0 Å². The van der Waals surface area contributed by atoms with Crippen molar-refractivity contribution in [3.8, 4) is 0 Å². The van der Waals surface area contributed by atoms with Gasteiger partial charge in [-0.15, -0.1) is 0 Å². The Morgan fingerprint density at radius 1 is 1.27 bits per heavy atom. The molecule has 3 aromatic rings. The van der Waals surface area contributed by atoms with Crippen LogP contribution in [0.5, 0.6) is 0 Å². The van der Waals surface area contributed by atoms with Crippen molar-refractivity contribution < 1.29 is 0 Å². The molecule has 30 heavy (non-hydrogen) atoms. The second-order valence-corrected chi connectivity index (χ2v) is 9.76. The third-order valence-electron chi connectivity index (χ3n) is 6.15. The number of H-pyrrole nitrogens is 1. The summed E-state index contributed by atoms with van der Waals surface area (Å²) in [5, 5.41) is 3.62. The molecular weight excluding hydrogens is 378 g/mol. The molecule has 7 nitrogen and oxygen atoms in total. The third-order valence-corrected chi connectivity index (χ3v) is 6.15. The lowest BCUT2D eigenvalue weighted by atomic mass is 9.71. The molecular formula is C23H31N5O2. The number of rotatable bonds is 4. The number of aromatic amines is 1. The van der Waals surface area contributed by atoms with E-state index in [1.54, 1.807) is 7.05 Å². The number of nitrogens with one attached hydrogen (secondary N) is 2. The van der Waals surface area contributed by atoms with Crippen LogP contribution in [0.1, 0.15) is 51.2 Å². The van der Waals surface area contributed by atoms with Crippen molar-refractivity contribution in [2.45, 2.75) is 59.5 Å². The van der Waals surface area contributed by atoms with Crippen molar-refractivity contribution in [3.63, 3.8) is 0 Å². The smallest absolute Gasteiger partial charge is 0.329 e. The van der Waals surface area contributed by atoms with Gasteiger partial charge in [-0.3, -0.25) is 18.9 Å². The molecule has 0 unspecified atom stereocenters. The number of aryl methyl sites for hydroxylation is 2. The number of aromatic nitrogens is 4. The van der Waals surface area contributed by atoms with E-state index in [4.69, 9.17) is 4.98 Å². The lowest BCUT2D eigenvalue weighted by Gasteiger charge is -2.39. The van der Waals surface area contributed by atoms with E-state index in [-0.39, 0.29) is 11.5 Å². The van der Waals surface area contributed by atoms with Gasteiger partial charge in [0.05, 0.1) is 6.54 Å². The Kier molecular flexibility index (Phi) is 5.08. The fraction of sp³-hybridized carbons (Fsp3) is 0.522. The molecule has 0 amide bonds. The molecule has 0 spiro atoms. The number of benzene rings is 1. The fourth-order valence-electron chi connectivity index (χ4n) is 5.13. The summed E-state index contributed by atoms with van der Waals surface area (Å²) in [7, 11) is 1.64. The molecule has 2 atom stereocenters. The minimum atomic E-state index is -0.452. The third kappa shape index (κ3) is 3.93. The van der Waals surface area contributed by atoms with Gasteiger partial charge >= 0.3 is 5.69 Å². The largest absolute Gasteiger partial charge is 0.353 e. The van der Waals surface area contributed by atoms with Gasteiger partial charge in [-0.05, 0) is 43.1 Å². The van der Waals surface area contributed by atoms with Crippen LogP contribution in [0.4, 0.5) is 5.95 Å². The summed E-state index contributed by atoms with van der Waals surface area (Å²) in [6.45, 7) is 9.47. The summed E-state index contributed by atoms with van der Waals surface area (Å²) >= 11 is 0. The topological polar surface area (TPSA) is 84.7 Å². The van der Waals surface area contributed by atoms with Crippen molar-refractivity contribution >= 4 is 17.1 Å². The SMILES string of the molecule is Cc1cccc(Cn2c(N[C@H]3C[C@@H](C)CC(C)(C)C3)nc3c2c(=O)[nH]c(=O)n3C)c1. The number of fused-ring (bicyclic) bond motifs is 1. The van der Waals surface area contributed by atoms with Gasteiger partial charge in [-0.1, -0.05) is 50.6 Å². The zero-order valence-electron chi connectivity index (χ0n) is 18.5. The zero-order valence-corrected chi connectivity index (χ0v) is 18.5.